The Hall–Kier alpha value is -2.60. The lowest BCUT2D eigenvalue weighted by atomic mass is 9.72. The van der Waals surface area contributed by atoms with Gasteiger partial charge < -0.3 is 19.4 Å². The third kappa shape index (κ3) is 4.70. The van der Waals surface area contributed by atoms with Crippen LogP contribution in [0.2, 0.25) is 0 Å². The molecule has 0 saturated carbocycles. The average molecular weight is 394 g/mol. The Morgan fingerprint density at radius 1 is 0.793 bits per heavy atom. The lowest BCUT2D eigenvalue weighted by Gasteiger charge is -2.22. The number of hydrogen-bond acceptors (Lipinski definition) is 4. The standard InChI is InChI=1S/C12H9BO2.C8H8BFO2.2CH4/c14-13-11-7-3-1-5-9(11)10-6-2-4-8-12(10)15-13;10-7-1-2-8-6(5-7)3-4-12-9(8)11;;/h1-8,14H;1-2,5,11H,3-4H2;2*1H4. The number of hydrogen-bond donors (Lipinski definition) is 2. The molecule has 0 fully saturated rings. The molecule has 0 spiro atoms. The van der Waals surface area contributed by atoms with Crippen molar-refractivity contribution >= 4 is 25.2 Å². The molecule has 5 rings (SSSR count). The Kier molecular flexibility index (Phi) is 7.62. The lowest BCUT2D eigenvalue weighted by molar-refractivity contribution is 0.266. The highest BCUT2D eigenvalue weighted by atomic mass is 19.1. The van der Waals surface area contributed by atoms with E-state index in [1.165, 1.54) is 12.1 Å². The monoisotopic (exact) mass is 394 g/mol. The summed E-state index contributed by atoms with van der Waals surface area (Å²) in [7, 11) is -1.73. The molecular weight excluding hydrogens is 369 g/mol. The minimum atomic E-state index is -0.880. The molecule has 29 heavy (non-hydrogen) atoms. The number of benzene rings is 3. The Morgan fingerprint density at radius 2 is 1.48 bits per heavy atom. The van der Waals surface area contributed by atoms with Gasteiger partial charge in [0.2, 0.25) is 0 Å². The van der Waals surface area contributed by atoms with Gasteiger partial charge in [-0.25, -0.2) is 4.39 Å². The van der Waals surface area contributed by atoms with E-state index in [1.807, 2.05) is 48.5 Å². The maximum absolute atomic E-state index is 12.7. The van der Waals surface area contributed by atoms with Gasteiger partial charge in [-0.05, 0) is 41.2 Å². The van der Waals surface area contributed by atoms with Gasteiger partial charge in [0.1, 0.15) is 11.6 Å². The van der Waals surface area contributed by atoms with E-state index in [0.717, 1.165) is 27.9 Å². The van der Waals surface area contributed by atoms with Gasteiger partial charge in [0, 0.05) is 17.6 Å². The Bertz CT molecular complexity index is 967. The summed E-state index contributed by atoms with van der Waals surface area (Å²) in [5, 5.41) is 19.1. The van der Waals surface area contributed by atoms with E-state index >= 15 is 0 Å². The molecular formula is C22H25B2FO4. The molecule has 0 aromatic heterocycles. The summed E-state index contributed by atoms with van der Waals surface area (Å²) in [6, 6.07) is 19.8. The quantitative estimate of drug-likeness (QED) is 0.576. The van der Waals surface area contributed by atoms with Crippen molar-refractivity contribution in [3.05, 3.63) is 78.1 Å². The lowest BCUT2D eigenvalue weighted by Crippen LogP contribution is -2.41. The van der Waals surface area contributed by atoms with Crippen LogP contribution in [0.3, 0.4) is 0 Å². The largest absolute Gasteiger partial charge is 0.560 e. The van der Waals surface area contributed by atoms with E-state index in [2.05, 4.69) is 0 Å². The molecule has 0 amide bonds. The van der Waals surface area contributed by atoms with Crippen LogP contribution < -0.4 is 15.6 Å². The highest BCUT2D eigenvalue weighted by Gasteiger charge is 2.29. The molecule has 2 N–H and O–H groups in total. The first-order valence-electron chi connectivity index (χ1n) is 8.74. The highest BCUT2D eigenvalue weighted by Crippen LogP contribution is 2.32. The molecule has 0 radical (unpaired) electrons. The van der Waals surface area contributed by atoms with Gasteiger partial charge in [0.25, 0.3) is 0 Å². The smallest absolute Gasteiger partial charge is 0.532 e. The fourth-order valence-electron chi connectivity index (χ4n) is 3.34. The predicted octanol–water partition coefficient (Wildman–Crippen LogP) is 2.79. The molecule has 0 unspecified atom stereocenters. The van der Waals surface area contributed by atoms with Crippen molar-refractivity contribution in [3.8, 4) is 16.9 Å². The number of halogens is 1. The van der Waals surface area contributed by atoms with Crippen LogP contribution in [0.15, 0.2) is 66.7 Å². The van der Waals surface area contributed by atoms with Gasteiger partial charge in [-0.1, -0.05) is 63.4 Å². The molecule has 7 heteroatoms. The van der Waals surface area contributed by atoms with Crippen molar-refractivity contribution in [2.75, 3.05) is 6.61 Å². The van der Waals surface area contributed by atoms with Crippen LogP contribution in [0.25, 0.3) is 11.1 Å². The van der Waals surface area contributed by atoms with Crippen molar-refractivity contribution in [2.24, 2.45) is 0 Å². The first kappa shape index (κ1) is 22.7. The van der Waals surface area contributed by atoms with E-state index in [9.17, 15) is 14.4 Å². The zero-order valence-corrected chi connectivity index (χ0v) is 14.5. The second kappa shape index (κ2) is 9.74. The molecule has 0 aliphatic carbocycles. The van der Waals surface area contributed by atoms with Crippen LogP contribution in [0.1, 0.15) is 20.4 Å². The summed E-state index contributed by atoms with van der Waals surface area (Å²) in [4.78, 5) is 0. The first-order valence-corrected chi connectivity index (χ1v) is 8.74. The summed E-state index contributed by atoms with van der Waals surface area (Å²) < 4.78 is 23.1. The van der Waals surface area contributed by atoms with Crippen molar-refractivity contribution in [3.63, 3.8) is 0 Å². The van der Waals surface area contributed by atoms with Crippen LogP contribution in [-0.4, -0.2) is 30.9 Å². The highest BCUT2D eigenvalue weighted by molar-refractivity contribution is 6.63. The Balaban J connectivity index is 0.000000198. The van der Waals surface area contributed by atoms with E-state index in [1.54, 1.807) is 6.07 Å². The Labute approximate surface area is 172 Å². The van der Waals surface area contributed by atoms with E-state index < -0.39 is 14.2 Å². The molecule has 2 aliphatic heterocycles. The number of para-hydroxylation sites is 1. The van der Waals surface area contributed by atoms with Crippen molar-refractivity contribution < 1.29 is 23.7 Å². The minimum Gasteiger partial charge on any atom is -0.532 e. The topological polar surface area (TPSA) is 58.9 Å². The SMILES string of the molecule is C.C.OB1OCCc2cc(F)ccc21.OB1Oc2ccccc2-c2ccccc21. The van der Waals surface area contributed by atoms with Crippen molar-refractivity contribution in [2.45, 2.75) is 21.3 Å². The second-order valence-electron chi connectivity index (χ2n) is 6.37. The van der Waals surface area contributed by atoms with E-state index in [4.69, 9.17) is 9.31 Å². The van der Waals surface area contributed by atoms with Crippen LogP contribution in [0.5, 0.6) is 5.75 Å². The van der Waals surface area contributed by atoms with Crippen molar-refractivity contribution in [1.82, 2.24) is 0 Å². The molecule has 0 bridgehead atoms. The minimum absolute atomic E-state index is 0. The van der Waals surface area contributed by atoms with E-state index in [0.29, 0.717) is 18.5 Å². The van der Waals surface area contributed by atoms with Crippen LogP contribution in [0.4, 0.5) is 4.39 Å². The molecule has 3 aromatic rings. The summed E-state index contributed by atoms with van der Waals surface area (Å²) in [6.07, 6.45) is 0.671. The summed E-state index contributed by atoms with van der Waals surface area (Å²) >= 11 is 0. The van der Waals surface area contributed by atoms with Gasteiger partial charge in [-0.15, -0.1) is 0 Å². The molecule has 2 aliphatic rings. The summed E-state index contributed by atoms with van der Waals surface area (Å²) in [5.41, 5.74) is 4.44. The molecule has 0 atom stereocenters. The zero-order chi connectivity index (χ0) is 18.8. The summed E-state index contributed by atoms with van der Waals surface area (Å²) in [6.45, 7) is 0.456. The normalized spacial score (nSPS) is 13.2. The number of rotatable bonds is 0. The molecule has 3 aromatic carbocycles. The van der Waals surface area contributed by atoms with Gasteiger partial charge in [-0.2, -0.15) is 0 Å². The van der Waals surface area contributed by atoms with Gasteiger partial charge in [0.05, 0.1) is 0 Å². The van der Waals surface area contributed by atoms with Crippen LogP contribution in [0, 0.1) is 5.82 Å². The van der Waals surface area contributed by atoms with Gasteiger partial charge in [0.15, 0.2) is 0 Å². The number of fused-ring (bicyclic) bond motifs is 4. The molecule has 4 nitrogen and oxygen atoms in total. The molecule has 150 valence electrons. The van der Waals surface area contributed by atoms with Crippen molar-refractivity contribution in [1.29, 1.82) is 0 Å². The molecule has 0 saturated heterocycles. The van der Waals surface area contributed by atoms with E-state index in [-0.39, 0.29) is 20.7 Å². The zero-order valence-electron chi connectivity index (χ0n) is 14.5. The van der Waals surface area contributed by atoms with Gasteiger partial charge >= 0.3 is 14.2 Å². The first-order chi connectivity index (χ1) is 13.1. The maximum Gasteiger partial charge on any atom is 0.560 e. The molecule has 2 heterocycles. The second-order valence-corrected chi connectivity index (χ2v) is 6.37. The fourth-order valence-corrected chi connectivity index (χ4v) is 3.34. The summed E-state index contributed by atoms with van der Waals surface area (Å²) in [5.74, 6) is 0.478. The third-order valence-electron chi connectivity index (χ3n) is 4.66. The van der Waals surface area contributed by atoms with Crippen LogP contribution in [-0.2, 0) is 11.1 Å². The average Bonchev–Trinajstić information content (AvgIpc) is 2.69. The van der Waals surface area contributed by atoms with Crippen LogP contribution >= 0.6 is 0 Å². The third-order valence-corrected chi connectivity index (χ3v) is 4.66. The van der Waals surface area contributed by atoms with Gasteiger partial charge in [-0.3, -0.25) is 0 Å². The Morgan fingerprint density at radius 3 is 2.28 bits per heavy atom. The predicted molar refractivity (Wildman–Crippen MR) is 117 cm³/mol. The maximum atomic E-state index is 12.7. The fraction of sp³-hybridized carbons (Fsp3) is 0.182.